The Hall–Kier alpha value is -3.80. The second-order valence-corrected chi connectivity index (χ2v) is 5.82. The third-order valence-electron chi connectivity index (χ3n) is 4.09. The molecule has 27 heavy (non-hydrogen) atoms. The lowest BCUT2D eigenvalue weighted by atomic mass is 10.0. The van der Waals surface area contributed by atoms with Crippen LogP contribution in [0, 0.1) is 0 Å². The highest BCUT2D eigenvalue weighted by atomic mass is 15.5. The molecule has 0 atom stereocenters. The quantitative estimate of drug-likeness (QED) is 0.552. The maximum atomic E-state index is 4.85. The SMILES string of the molecule is CNc1cc(N=C(c2ccccc2)c2ccccc2)ncc1-n1nccn1. The van der Waals surface area contributed by atoms with Crippen molar-refractivity contribution in [1.82, 2.24) is 20.0 Å². The molecule has 1 N–H and O–H groups in total. The predicted molar refractivity (Wildman–Crippen MR) is 107 cm³/mol. The fraction of sp³-hybridized carbons (Fsp3) is 0.0476. The number of anilines is 1. The zero-order valence-corrected chi connectivity index (χ0v) is 14.8. The maximum Gasteiger partial charge on any atom is 0.154 e. The summed E-state index contributed by atoms with van der Waals surface area (Å²) in [4.78, 5) is 10.9. The van der Waals surface area contributed by atoms with Crippen LogP contribution >= 0.6 is 0 Å². The van der Waals surface area contributed by atoms with Crippen LogP contribution in [0.3, 0.4) is 0 Å². The molecule has 0 aliphatic rings. The van der Waals surface area contributed by atoms with E-state index in [1.54, 1.807) is 18.6 Å². The van der Waals surface area contributed by atoms with E-state index in [9.17, 15) is 0 Å². The fourth-order valence-electron chi connectivity index (χ4n) is 2.80. The molecule has 4 rings (SSSR count). The predicted octanol–water partition coefficient (Wildman–Crippen LogP) is 3.87. The average molecular weight is 354 g/mol. The number of hydrogen-bond donors (Lipinski definition) is 1. The van der Waals surface area contributed by atoms with Crippen LogP contribution in [0.2, 0.25) is 0 Å². The summed E-state index contributed by atoms with van der Waals surface area (Å²) >= 11 is 0. The fourth-order valence-corrected chi connectivity index (χ4v) is 2.80. The summed E-state index contributed by atoms with van der Waals surface area (Å²) in [6.45, 7) is 0. The summed E-state index contributed by atoms with van der Waals surface area (Å²) < 4.78 is 0. The van der Waals surface area contributed by atoms with Crippen LogP contribution in [0.5, 0.6) is 0 Å². The molecule has 132 valence electrons. The summed E-state index contributed by atoms with van der Waals surface area (Å²) in [5, 5.41) is 11.5. The number of benzene rings is 2. The molecule has 0 fully saturated rings. The Bertz CT molecular complexity index is 999. The normalized spacial score (nSPS) is 10.4. The zero-order valence-electron chi connectivity index (χ0n) is 14.8. The van der Waals surface area contributed by atoms with Gasteiger partial charge in [0.25, 0.3) is 0 Å². The molecule has 0 radical (unpaired) electrons. The Morgan fingerprint density at radius 2 is 1.48 bits per heavy atom. The van der Waals surface area contributed by atoms with E-state index in [4.69, 9.17) is 4.99 Å². The second kappa shape index (κ2) is 7.61. The lowest BCUT2D eigenvalue weighted by Gasteiger charge is -2.10. The third kappa shape index (κ3) is 3.59. The molecule has 0 saturated heterocycles. The largest absolute Gasteiger partial charge is 0.386 e. The van der Waals surface area contributed by atoms with E-state index in [1.165, 1.54) is 4.80 Å². The minimum absolute atomic E-state index is 0.609. The monoisotopic (exact) mass is 354 g/mol. The minimum atomic E-state index is 0.609. The molecule has 2 aromatic carbocycles. The van der Waals surface area contributed by atoms with Crippen LogP contribution in [0.4, 0.5) is 11.5 Å². The van der Waals surface area contributed by atoms with E-state index in [2.05, 4.69) is 20.5 Å². The molecule has 0 saturated carbocycles. The van der Waals surface area contributed by atoms with Crippen molar-refractivity contribution in [3.05, 3.63) is 96.4 Å². The van der Waals surface area contributed by atoms with Gasteiger partial charge in [-0.1, -0.05) is 60.7 Å². The first-order valence-corrected chi connectivity index (χ1v) is 8.59. The average Bonchev–Trinajstić information content (AvgIpc) is 3.28. The molecule has 2 aromatic heterocycles. The summed E-state index contributed by atoms with van der Waals surface area (Å²) in [5.41, 5.74) is 4.56. The molecule has 6 heteroatoms. The third-order valence-corrected chi connectivity index (χ3v) is 4.09. The first-order chi connectivity index (χ1) is 13.3. The highest BCUT2D eigenvalue weighted by Crippen LogP contribution is 2.24. The van der Waals surface area contributed by atoms with E-state index in [1.807, 2.05) is 73.8 Å². The van der Waals surface area contributed by atoms with Crippen LogP contribution in [0.1, 0.15) is 11.1 Å². The van der Waals surface area contributed by atoms with Crippen LogP contribution < -0.4 is 5.32 Å². The molecule has 0 amide bonds. The van der Waals surface area contributed by atoms with Gasteiger partial charge in [-0.2, -0.15) is 10.2 Å². The Morgan fingerprint density at radius 1 is 0.889 bits per heavy atom. The number of hydrogen-bond acceptors (Lipinski definition) is 5. The molecule has 2 heterocycles. The molecule has 0 aliphatic heterocycles. The Balaban J connectivity index is 1.81. The molecule has 0 aliphatic carbocycles. The number of aromatic nitrogens is 4. The first-order valence-electron chi connectivity index (χ1n) is 8.59. The Labute approximate surface area is 157 Å². The number of pyridine rings is 1. The Kier molecular flexibility index (Phi) is 4.70. The first kappa shape index (κ1) is 16.7. The van der Waals surface area contributed by atoms with Crippen molar-refractivity contribution in [2.24, 2.45) is 4.99 Å². The highest BCUT2D eigenvalue weighted by Gasteiger charge is 2.10. The van der Waals surface area contributed by atoms with Gasteiger partial charge >= 0.3 is 0 Å². The minimum Gasteiger partial charge on any atom is -0.386 e. The number of nitrogens with zero attached hydrogens (tertiary/aromatic N) is 5. The van der Waals surface area contributed by atoms with Gasteiger partial charge in [0, 0.05) is 24.2 Å². The van der Waals surface area contributed by atoms with Gasteiger partial charge in [-0.15, -0.1) is 4.80 Å². The van der Waals surface area contributed by atoms with Gasteiger partial charge in [0.05, 0.1) is 30.0 Å². The topological polar surface area (TPSA) is 68.0 Å². The summed E-state index contributed by atoms with van der Waals surface area (Å²) in [6.07, 6.45) is 4.99. The van der Waals surface area contributed by atoms with Gasteiger partial charge in [-0.25, -0.2) is 9.98 Å². The lowest BCUT2D eigenvalue weighted by Crippen LogP contribution is -2.05. The van der Waals surface area contributed by atoms with Gasteiger partial charge in [0.2, 0.25) is 0 Å². The number of aliphatic imine (C=N–C) groups is 1. The van der Waals surface area contributed by atoms with E-state index >= 15 is 0 Å². The molecule has 0 unspecified atom stereocenters. The van der Waals surface area contributed by atoms with Crippen LogP contribution in [-0.4, -0.2) is 32.7 Å². The smallest absolute Gasteiger partial charge is 0.154 e. The molecule has 4 aromatic rings. The van der Waals surface area contributed by atoms with Gasteiger partial charge in [-0.05, 0) is 0 Å². The highest BCUT2D eigenvalue weighted by molar-refractivity contribution is 6.13. The standard InChI is InChI=1S/C21H18N6/c1-22-18-14-20(23-15-19(18)27-24-12-13-25-27)26-21(16-8-4-2-5-9-16)17-10-6-3-7-11-17/h2-15H,1H3,(H,22,23). The van der Waals surface area contributed by atoms with Crippen molar-refractivity contribution < 1.29 is 0 Å². The second-order valence-electron chi connectivity index (χ2n) is 5.82. The molecule has 0 bridgehead atoms. The van der Waals surface area contributed by atoms with E-state index in [-0.39, 0.29) is 0 Å². The van der Waals surface area contributed by atoms with Crippen LogP contribution in [0.25, 0.3) is 5.69 Å². The van der Waals surface area contributed by atoms with E-state index < -0.39 is 0 Å². The Morgan fingerprint density at radius 3 is 2.04 bits per heavy atom. The molecular formula is C21H18N6. The van der Waals surface area contributed by atoms with Crippen LogP contribution in [0.15, 0.2) is 90.3 Å². The van der Waals surface area contributed by atoms with Crippen molar-refractivity contribution in [1.29, 1.82) is 0 Å². The lowest BCUT2D eigenvalue weighted by molar-refractivity contribution is 0.750. The van der Waals surface area contributed by atoms with Gasteiger partial charge < -0.3 is 5.32 Å². The van der Waals surface area contributed by atoms with Crippen molar-refractivity contribution in [2.45, 2.75) is 0 Å². The van der Waals surface area contributed by atoms with Crippen molar-refractivity contribution in [3.63, 3.8) is 0 Å². The summed E-state index contributed by atoms with van der Waals surface area (Å²) in [5.74, 6) is 0.609. The van der Waals surface area contributed by atoms with Gasteiger partial charge in [0.15, 0.2) is 5.82 Å². The summed E-state index contributed by atoms with van der Waals surface area (Å²) in [6, 6.07) is 22.1. The maximum absolute atomic E-state index is 4.85. The summed E-state index contributed by atoms with van der Waals surface area (Å²) in [7, 11) is 1.85. The molecule has 0 spiro atoms. The molecular weight excluding hydrogens is 336 g/mol. The zero-order chi connectivity index (χ0) is 18.5. The van der Waals surface area contributed by atoms with Gasteiger partial charge in [-0.3, -0.25) is 0 Å². The van der Waals surface area contributed by atoms with Gasteiger partial charge in [0.1, 0.15) is 5.69 Å². The van der Waals surface area contributed by atoms with Crippen LogP contribution in [-0.2, 0) is 0 Å². The van der Waals surface area contributed by atoms with Crippen molar-refractivity contribution in [3.8, 4) is 5.69 Å². The number of nitrogens with one attached hydrogen (secondary N) is 1. The van der Waals surface area contributed by atoms with E-state index in [0.29, 0.717) is 5.82 Å². The number of rotatable bonds is 5. The molecule has 6 nitrogen and oxygen atoms in total. The van der Waals surface area contributed by atoms with Crippen molar-refractivity contribution >= 4 is 17.2 Å². The van der Waals surface area contributed by atoms with E-state index in [0.717, 1.165) is 28.2 Å². The van der Waals surface area contributed by atoms with Crippen molar-refractivity contribution in [2.75, 3.05) is 12.4 Å².